The number of carboxylic acid groups (broad SMARTS) is 1. The number of morpholine rings is 1. The fourth-order valence-electron chi connectivity index (χ4n) is 1.69. The second-order valence-corrected chi connectivity index (χ2v) is 3.86. The van der Waals surface area contributed by atoms with Crippen LogP contribution in [0, 0.1) is 0 Å². The highest BCUT2D eigenvalue weighted by Crippen LogP contribution is 2.07. The van der Waals surface area contributed by atoms with Crippen LogP contribution in [0.25, 0.3) is 0 Å². The summed E-state index contributed by atoms with van der Waals surface area (Å²) in [7, 11) is 0. The van der Waals surface area contributed by atoms with Crippen LogP contribution >= 0.6 is 0 Å². The van der Waals surface area contributed by atoms with Gasteiger partial charge in [-0.15, -0.1) is 0 Å². The molecule has 0 bridgehead atoms. The largest absolute Gasteiger partial charge is 0.480 e. The number of ether oxygens (including phenoxy) is 1. The number of nitrogens with one attached hydrogen (secondary N) is 1. The van der Waals surface area contributed by atoms with Gasteiger partial charge in [-0.2, -0.15) is 0 Å². The number of carbonyl (C=O) groups is 2. The molecule has 1 aliphatic heterocycles. The van der Waals surface area contributed by atoms with Crippen molar-refractivity contribution in [1.29, 1.82) is 0 Å². The van der Waals surface area contributed by atoms with Crippen LogP contribution < -0.4 is 11.1 Å². The average Bonchev–Trinajstić information content (AvgIpc) is 2.31. The van der Waals surface area contributed by atoms with E-state index in [1.807, 2.05) is 6.92 Å². The first-order chi connectivity index (χ1) is 8.06. The highest BCUT2D eigenvalue weighted by Gasteiger charge is 2.27. The Balaban J connectivity index is 2.53. The Morgan fingerprint density at radius 3 is 2.82 bits per heavy atom. The number of hydrogen-bond donors (Lipinski definition) is 3. The van der Waals surface area contributed by atoms with E-state index in [9.17, 15) is 9.59 Å². The minimum Gasteiger partial charge on any atom is -0.480 e. The molecule has 7 heteroatoms. The van der Waals surface area contributed by atoms with Crippen molar-refractivity contribution in [2.45, 2.75) is 25.6 Å². The van der Waals surface area contributed by atoms with Crippen LogP contribution in [0.1, 0.15) is 13.3 Å². The summed E-state index contributed by atoms with van der Waals surface area (Å²) in [4.78, 5) is 24.0. The minimum absolute atomic E-state index is 0.205. The molecule has 0 spiro atoms. The Kier molecular flexibility index (Phi) is 5.33. The van der Waals surface area contributed by atoms with Gasteiger partial charge in [0, 0.05) is 19.6 Å². The van der Waals surface area contributed by atoms with Crippen molar-refractivity contribution in [3.8, 4) is 0 Å². The monoisotopic (exact) mass is 245 g/mol. The smallest absolute Gasteiger partial charge is 0.321 e. The quantitative estimate of drug-likeness (QED) is 0.549. The lowest BCUT2D eigenvalue weighted by Crippen LogP contribution is -2.52. The van der Waals surface area contributed by atoms with E-state index in [4.69, 9.17) is 15.6 Å². The van der Waals surface area contributed by atoms with Crippen LogP contribution in [0.4, 0.5) is 0 Å². The SMILES string of the molecule is CCN(C(=O)C[C@H](N)C(=O)O)C1CNCCO1. The summed E-state index contributed by atoms with van der Waals surface area (Å²) < 4.78 is 5.45. The van der Waals surface area contributed by atoms with Gasteiger partial charge >= 0.3 is 5.97 Å². The second kappa shape index (κ2) is 6.53. The number of carboxylic acids is 1. The van der Waals surface area contributed by atoms with Gasteiger partial charge in [0.05, 0.1) is 13.0 Å². The summed E-state index contributed by atoms with van der Waals surface area (Å²) in [5, 5.41) is 11.8. The van der Waals surface area contributed by atoms with Crippen LogP contribution in [-0.4, -0.2) is 60.4 Å². The van der Waals surface area contributed by atoms with E-state index in [0.717, 1.165) is 6.54 Å². The molecule has 7 nitrogen and oxygen atoms in total. The van der Waals surface area contributed by atoms with E-state index in [1.165, 1.54) is 4.90 Å². The number of likely N-dealkylation sites (N-methyl/N-ethyl adjacent to an activating group) is 1. The number of hydrogen-bond acceptors (Lipinski definition) is 5. The standard InChI is InChI=1S/C10H19N3O4/c1-2-13(9-6-12-3-4-17-9)8(14)5-7(11)10(15)16/h7,9,12H,2-6,11H2,1H3,(H,15,16)/t7-,9?/m0/s1. The summed E-state index contributed by atoms with van der Waals surface area (Å²) in [5.41, 5.74) is 5.34. The molecular weight excluding hydrogens is 226 g/mol. The van der Waals surface area contributed by atoms with Gasteiger partial charge in [-0.1, -0.05) is 0 Å². The van der Waals surface area contributed by atoms with Gasteiger partial charge in [-0.05, 0) is 6.92 Å². The third-order valence-electron chi connectivity index (χ3n) is 2.63. The highest BCUT2D eigenvalue weighted by atomic mass is 16.5. The van der Waals surface area contributed by atoms with Crippen molar-refractivity contribution < 1.29 is 19.4 Å². The summed E-state index contributed by atoms with van der Waals surface area (Å²) in [6, 6.07) is -1.16. The number of rotatable bonds is 5. The topological polar surface area (TPSA) is 105 Å². The molecule has 0 aromatic heterocycles. The molecule has 0 aromatic rings. The fourth-order valence-corrected chi connectivity index (χ4v) is 1.69. The molecule has 1 rings (SSSR count). The predicted octanol–water partition coefficient (Wildman–Crippen LogP) is -1.42. The number of nitrogens with zero attached hydrogens (tertiary/aromatic N) is 1. The molecule has 17 heavy (non-hydrogen) atoms. The highest BCUT2D eigenvalue weighted by molar-refractivity contribution is 5.84. The van der Waals surface area contributed by atoms with Gasteiger partial charge in [-0.3, -0.25) is 9.59 Å². The van der Waals surface area contributed by atoms with Gasteiger partial charge in [0.1, 0.15) is 12.3 Å². The molecule has 1 amide bonds. The Bertz CT molecular complexity index is 279. The normalized spacial score (nSPS) is 21.9. The van der Waals surface area contributed by atoms with Gasteiger partial charge < -0.3 is 25.8 Å². The van der Waals surface area contributed by atoms with E-state index >= 15 is 0 Å². The van der Waals surface area contributed by atoms with Crippen LogP contribution in [0.5, 0.6) is 0 Å². The van der Waals surface area contributed by atoms with Gasteiger partial charge in [0.2, 0.25) is 5.91 Å². The maximum atomic E-state index is 11.9. The number of carbonyl (C=O) groups excluding carboxylic acids is 1. The molecule has 1 heterocycles. The van der Waals surface area contributed by atoms with E-state index in [2.05, 4.69) is 5.32 Å². The molecule has 98 valence electrons. The summed E-state index contributed by atoms with van der Waals surface area (Å²) >= 11 is 0. The summed E-state index contributed by atoms with van der Waals surface area (Å²) in [5.74, 6) is -1.46. The summed E-state index contributed by atoms with van der Waals surface area (Å²) in [6.45, 7) is 4.15. The first-order valence-corrected chi connectivity index (χ1v) is 5.66. The van der Waals surface area contributed by atoms with Crippen LogP contribution in [0.2, 0.25) is 0 Å². The molecule has 2 atom stereocenters. The lowest BCUT2D eigenvalue weighted by molar-refractivity contribution is -0.151. The molecule has 0 aromatic carbocycles. The van der Waals surface area contributed by atoms with Crippen molar-refractivity contribution in [2.24, 2.45) is 5.73 Å². The predicted molar refractivity (Wildman–Crippen MR) is 60.2 cm³/mol. The minimum atomic E-state index is -1.17. The van der Waals surface area contributed by atoms with E-state index in [1.54, 1.807) is 0 Å². The molecule has 0 saturated carbocycles. The zero-order chi connectivity index (χ0) is 12.8. The van der Waals surface area contributed by atoms with E-state index < -0.39 is 12.0 Å². The molecule has 0 aliphatic carbocycles. The number of aliphatic carboxylic acids is 1. The Morgan fingerprint density at radius 1 is 1.65 bits per heavy atom. The maximum Gasteiger partial charge on any atom is 0.321 e. The van der Waals surface area contributed by atoms with Gasteiger partial charge in [0.15, 0.2) is 0 Å². The van der Waals surface area contributed by atoms with E-state index in [0.29, 0.717) is 19.7 Å². The van der Waals surface area contributed by atoms with Crippen LogP contribution in [0.3, 0.4) is 0 Å². The maximum absolute atomic E-state index is 11.9. The van der Waals surface area contributed by atoms with Crippen molar-refractivity contribution in [3.63, 3.8) is 0 Å². The van der Waals surface area contributed by atoms with Gasteiger partial charge in [-0.25, -0.2) is 0 Å². The molecule has 4 N–H and O–H groups in total. The summed E-state index contributed by atoms with van der Waals surface area (Å²) in [6.07, 6.45) is -0.537. The average molecular weight is 245 g/mol. The fraction of sp³-hybridized carbons (Fsp3) is 0.800. The number of amides is 1. The van der Waals surface area contributed by atoms with Crippen molar-refractivity contribution in [1.82, 2.24) is 10.2 Å². The second-order valence-electron chi connectivity index (χ2n) is 3.86. The zero-order valence-electron chi connectivity index (χ0n) is 9.89. The third kappa shape index (κ3) is 3.95. The van der Waals surface area contributed by atoms with Crippen molar-refractivity contribution in [2.75, 3.05) is 26.2 Å². The molecule has 1 fully saturated rings. The third-order valence-corrected chi connectivity index (χ3v) is 2.63. The first-order valence-electron chi connectivity index (χ1n) is 5.66. The molecule has 1 unspecified atom stereocenters. The molecule has 0 radical (unpaired) electrons. The number of nitrogens with two attached hydrogens (primary N) is 1. The van der Waals surface area contributed by atoms with Gasteiger partial charge in [0.25, 0.3) is 0 Å². The van der Waals surface area contributed by atoms with Crippen LogP contribution in [-0.2, 0) is 14.3 Å². The Labute approximate surface area is 99.9 Å². The van der Waals surface area contributed by atoms with Crippen LogP contribution in [0.15, 0.2) is 0 Å². The van der Waals surface area contributed by atoms with Crippen molar-refractivity contribution >= 4 is 11.9 Å². The van der Waals surface area contributed by atoms with Crippen molar-refractivity contribution in [3.05, 3.63) is 0 Å². The lowest BCUT2D eigenvalue weighted by atomic mass is 10.2. The molecule has 1 aliphatic rings. The lowest BCUT2D eigenvalue weighted by Gasteiger charge is -2.34. The molecule has 1 saturated heterocycles. The van der Waals surface area contributed by atoms with E-state index in [-0.39, 0.29) is 18.6 Å². The first kappa shape index (κ1) is 13.9. The Hall–Kier alpha value is -1.18. The zero-order valence-corrected chi connectivity index (χ0v) is 9.89. The molecular formula is C10H19N3O4. The Morgan fingerprint density at radius 2 is 2.35 bits per heavy atom.